The fraction of sp³-hybridized carbons (Fsp3) is 0.600. The van der Waals surface area contributed by atoms with Crippen LogP contribution >= 0.6 is 0 Å². The third kappa shape index (κ3) is 2.99. The molecule has 0 bridgehead atoms. The number of hydrogen-bond donors (Lipinski definition) is 2. The van der Waals surface area contributed by atoms with Gasteiger partial charge in [-0.25, -0.2) is 9.48 Å². The molecule has 0 spiro atoms. The number of aryl methyl sites for hydroxylation is 2. The van der Waals surface area contributed by atoms with Gasteiger partial charge in [-0.15, -0.1) is 0 Å². The first-order valence-electron chi connectivity index (χ1n) is 5.61. The number of aliphatic hydroxyl groups excluding tert-OH is 1. The zero-order valence-electron chi connectivity index (χ0n) is 10.9. The number of rotatable bonds is 6. The summed E-state index contributed by atoms with van der Waals surface area (Å²) in [6.07, 6.45) is 0.383. The highest BCUT2D eigenvalue weighted by molar-refractivity contribution is 5.80. The largest absolute Gasteiger partial charge is 0.467 e. The van der Waals surface area contributed by atoms with Crippen LogP contribution in [0.15, 0.2) is 0 Å². The van der Waals surface area contributed by atoms with Crippen LogP contribution in [0.25, 0.3) is 0 Å². The van der Waals surface area contributed by atoms with Crippen LogP contribution in [0.2, 0.25) is 0 Å². The summed E-state index contributed by atoms with van der Waals surface area (Å²) in [5.74, 6) is -0.651. The standard InChI is InChI=1S/C10H16N4O5/c1-4-6-8(14(17)18)9(13(2)12-6)11-7(5-15)10(16)19-3/h7,11,15H,4-5H2,1-3H3. The van der Waals surface area contributed by atoms with Gasteiger partial charge in [0.2, 0.25) is 5.82 Å². The number of ether oxygens (including phenoxy) is 1. The molecule has 2 N–H and O–H groups in total. The first-order valence-corrected chi connectivity index (χ1v) is 5.61. The number of nitrogens with one attached hydrogen (secondary N) is 1. The highest BCUT2D eigenvalue weighted by Gasteiger charge is 2.29. The summed E-state index contributed by atoms with van der Waals surface area (Å²) in [6, 6.07) is -1.08. The van der Waals surface area contributed by atoms with Crippen molar-refractivity contribution in [1.82, 2.24) is 9.78 Å². The lowest BCUT2D eigenvalue weighted by Crippen LogP contribution is -2.35. The lowest BCUT2D eigenvalue weighted by Gasteiger charge is -2.14. The molecule has 1 aromatic heterocycles. The van der Waals surface area contributed by atoms with E-state index in [9.17, 15) is 14.9 Å². The minimum Gasteiger partial charge on any atom is -0.467 e. The van der Waals surface area contributed by atoms with Crippen molar-refractivity contribution in [3.8, 4) is 0 Å². The summed E-state index contributed by atoms with van der Waals surface area (Å²) < 4.78 is 5.75. The highest BCUT2D eigenvalue weighted by Crippen LogP contribution is 2.28. The number of carbonyl (C=O) groups excluding carboxylic acids is 1. The van der Waals surface area contributed by atoms with Crippen molar-refractivity contribution in [2.24, 2.45) is 7.05 Å². The van der Waals surface area contributed by atoms with Crippen LogP contribution in [0.1, 0.15) is 12.6 Å². The fourth-order valence-electron chi connectivity index (χ4n) is 1.65. The molecule has 0 aliphatic heterocycles. The molecule has 0 amide bonds. The van der Waals surface area contributed by atoms with Crippen LogP contribution in [-0.4, -0.2) is 45.5 Å². The van der Waals surface area contributed by atoms with Crippen molar-refractivity contribution in [3.63, 3.8) is 0 Å². The van der Waals surface area contributed by atoms with Gasteiger partial charge in [-0.1, -0.05) is 6.92 Å². The maximum Gasteiger partial charge on any atom is 0.334 e. The number of aliphatic hydroxyl groups is 1. The van der Waals surface area contributed by atoms with Gasteiger partial charge >= 0.3 is 11.7 Å². The normalized spacial score (nSPS) is 12.0. The predicted octanol–water partition coefficient (Wildman–Crippen LogP) is -0.163. The van der Waals surface area contributed by atoms with Crippen LogP contribution in [0.3, 0.4) is 0 Å². The van der Waals surface area contributed by atoms with E-state index in [4.69, 9.17) is 5.11 Å². The van der Waals surface area contributed by atoms with Gasteiger partial charge in [-0.3, -0.25) is 10.1 Å². The Balaban J connectivity index is 3.15. The second kappa shape index (κ2) is 6.14. The van der Waals surface area contributed by atoms with Crippen LogP contribution < -0.4 is 5.32 Å². The van der Waals surface area contributed by atoms with E-state index >= 15 is 0 Å². The number of carbonyl (C=O) groups is 1. The number of methoxy groups -OCH3 is 1. The molecule has 106 valence electrons. The predicted molar refractivity (Wildman–Crippen MR) is 65.8 cm³/mol. The van der Waals surface area contributed by atoms with E-state index in [1.54, 1.807) is 6.92 Å². The second-order valence-corrected chi connectivity index (χ2v) is 3.78. The molecular weight excluding hydrogens is 256 g/mol. The number of hydrogen-bond acceptors (Lipinski definition) is 7. The Labute approximate surface area is 109 Å². The Morgan fingerprint density at radius 1 is 1.68 bits per heavy atom. The first kappa shape index (κ1) is 14.9. The lowest BCUT2D eigenvalue weighted by atomic mass is 10.2. The summed E-state index contributed by atoms with van der Waals surface area (Å²) in [5, 5.41) is 26.8. The van der Waals surface area contributed by atoms with Crippen LogP contribution in [0, 0.1) is 10.1 Å². The number of nitrogens with zero attached hydrogens (tertiary/aromatic N) is 3. The minimum atomic E-state index is -1.08. The summed E-state index contributed by atoms with van der Waals surface area (Å²) in [7, 11) is 2.68. The van der Waals surface area contributed by atoms with Gasteiger partial charge in [-0.05, 0) is 6.42 Å². The molecule has 9 nitrogen and oxygen atoms in total. The van der Waals surface area contributed by atoms with E-state index in [0.29, 0.717) is 12.1 Å². The third-order valence-corrected chi connectivity index (χ3v) is 2.59. The Morgan fingerprint density at radius 2 is 2.32 bits per heavy atom. The average molecular weight is 272 g/mol. The maximum absolute atomic E-state index is 11.4. The molecule has 0 fully saturated rings. The fourth-order valence-corrected chi connectivity index (χ4v) is 1.65. The quantitative estimate of drug-likeness (QED) is 0.419. The van der Waals surface area contributed by atoms with Crippen molar-refractivity contribution in [3.05, 3.63) is 15.8 Å². The Bertz CT molecular complexity index is 485. The SMILES string of the molecule is CCc1nn(C)c(NC(CO)C(=O)OC)c1[N+](=O)[O-]. The number of esters is 1. The summed E-state index contributed by atoms with van der Waals surface area (Å²) in [6.45, 7) is 1.19. The Hall–Kier alpha value is -2.16. The topological polar surface area (TPSA) is 120 Å². The average Bonchev–Trinajstić information content (AvgIpc) is 2.71. The van der Waals surface area contributed by atoms with Gasteiger partial charge in [-0.2, -0.15) is 5.10 Å². The molecule has 1 unspecified atom stereocenters. The molecule has 0 aliphatic rings. The number of nitro groups is 1. The van der Waals surface area contributed by atoms with Crippen LogP contribution in [0.5, 0.6) is 0 Å². The summed E-state index contributed by atoms with van der Waals surface area (Å²) in [4.78, 5) is 21.9. The maximum atomic E-state index is 11.4. The van der Waals surface area contributed by atoms with Crippen LogP contribution in [-0.2, 0) is 23.0 Å². The molecule has 1 aromatic rings. The van der Waals surface area contributed by atoms with Gasteiger partial charge in [0.25, 0.3) is 0 Å². The molecule has 0 aliphatic carbocycles. The number of anilines is 1. The zero-order valence-corrected chi connectivity index (χ0v) is 10.9. The van der Waals surface area contributed by atoms with E-state index < -0.39 is 23.5 Å². The van der Waals surface area contributed by atoms with Gasteiger partial charge in [0.1, 0.15) is 11.7 Å². The molecule has 1 rings (SSSR count). The van der Waals surface area contributed by atoms with Gasteiger partial charge in [0, 0.05) is 7.05 Å². The molecule has 0 aromatic carbocycles. The molecule has 1 atom stereocenters. The minimum absolute atomic E-state index is 0.0614. The van der Waals surface area contributed by atoms with E-state index in [1.807, 2.05) is 0 Å². The van der Waals surface area contributed by atoms with E-state index in [0.717, 1.165) is 0 Å². The van der Waals surface area contributed by atoms with Crippen molar-refractivity contribution in [2.75, 3.05) is 19.0 Å². The molecule has 19 heavy (non-hydrogen) atoms. The van der Waals surface area contributed by atoms with Gasteiger partial charge < -0.3 is 15.2 Å². The molecular formula is C10H16N4O5. The van der Waals surface area contributed by atoms with E-state index in [2.05, 4.69) is 15.2 Å². The zero-order chi connectivity index (χ0) is 14.6. The molecule has 0 saturated heterocycles. The first-order chi connectivity index (χ1) is 8.96. The Morgan fingerprint density at radius 3 is 2.74 bits per heavy atom. The van der Waals surface area contributed by atoms with Crippen molar-refractivity contribution < 1.29 is 19.6 Å². The molecule has 1 heterocycles. The smallest absolute Gasteiger partial charge is 0.334 e. The third-order valence-electron chi connectivity index (χ3n) is 2.59. The van der Waals surface area contributed by atoms with Gasteiger partial charge in [0.15, 0.2) is 0 Å². The van der Waals surface area contributed by atoms with E-state index in [1.165, 1.54) is 18.8 Å². The van der Waals surface area contributed by atoms with Crippen molar-refractivity contribution >= 4 is 17.5 Å². The Kier molecular flexibility index (Phi) is 4.81. The summed E-state index contributed by atoms with van der Waals surface area (Å²) in [5.41, 5.74) is 0.101. The van der Waals surface area contributed by atoms with Crippen molar-refractivity contribution in [1.29, 1.82) is 0 Å². The molecule has 0 saturated carbocycles. The molecule has 9 heteroatoms. The van der Waals surface area contributed by atoms with E-state index in [-0.39, 0.29) is 11.5 Å². The number of aromatic nitrogens is 2. The van der Waals surface area contributed by atoms with Crippen molar-refractivity contribution in [2.45, 2.75) is 19.4 Å². The second-order valence-electron chi connectivity index (χ2n) is 3.78. The van der Waals surface area contributed by atoms with Crippen LogP contribution in [0.4, 0.5) is 11.5 Å². The molecule has 0 radical (unpaired) electrons. The van der Waals surface area contributed by atoms with Gasteiger partial charge in [0.05, 0.1) is 18.6 Å². The monoisotopic (exact) mass is 272 g/mol. The summed E-state index contributed by atoms with van der Waals surface area (Å²) >= 11 is 0. The lowest BCUT2D eigenvalue weighted by molar-refractivity contribution is -0.384. The highest BCUT2D eigenvalue weighted by atomic mass is 16.6.